The Balaban J connectivity index is 2.22. The van der Waals surface area contributed by atoms with E-state index in [1.165, 1.54) is 4.88 Å². The van der Waals surface area contributed by atoms with Crippen LogP contribution in [-0.4, -0.2) is 17.9 Å². The van der Waals surface area contributed by atoms with Gasteiger partial charge in [-0.15, -0.1) is 11.3 Å². The molecule has 0 fully saturated rings. The number of amides is 1. The minimum atomic E-state index is -0.417. The van der Waals surface area contributed by atoms with Gasteiger partial charge in [-0.3, -0.25) is 9.69 Å². The zero-order valence-corrected chi connectivity index (χ0v) is 12.9. The largest absolute Gasteiger partial charge is 0.368 e. The van der Waals surface area contributed by atoms with E-state index in [0.717, 1.165) is 10.0 Å². The van der Waals surface area contributed by atoms with Crippen molar-refractivity contribution in [3.8, 4) is 0 Å². The zero-order chi connectivity index (χ0) is 13.8. The first-order valence-corrected chi connectivity index (χ1v) is 7.52. The average molecular weight is 339 g/mol. The van der Waals surface area contributed by atoms with Crippen molar-refractivity contribution in [3.63, 3.8) is 0 Å². The van der Waals surface area contributed by atoms with E-state index in [4.69, 9.17) is 5.73 Å². The quantitative estimate of drug-likeness (QED) is 0.910. The van der Waals surface area contributed by atoms with Gasteiger partial charge in [-0.05, 0) is 36.2 Å². The summed E-state index contributed by atoms with van der Waals surface area (Å²) in [6, 6.07) is 11.3. The van der Waals surface area contributed by atoms with Crippen molar-refractivity contribution in [1.82, 2.24) is 4.90 Å². The van der Waals surface area contributed by atoms with E-state index in [1.807, 2.05) is 47.7 Å². The van der Waals surface area contributed by atoms with E-state index >= 15 is 0 Å². The van der Waals surface area contributed by atoms with E-state index in [2.05, 4.69) is 22.0 Å². The molecule has 1 aromatic carbocycles. The summed E-state index contributed by atoms with van der Waals surface area (Å²) < 4.78 is 0.945. The van der Waals surface area contributed by atoms with Gasteiger partial charge in [0.25, 0.3) is 0 Å². The zero-order valence-electron chi connectivity index (χ0n) is 10.5. The minimum Gasteiger partial charge on any atom is -0.368 e. The molecule has 100 valence electrons. The molecule has 2 rings (SSSR count). The van der Waals surface area contributed by atoms with Crippen molar-refractivity contribution >= 4 is 33.2 Å². The Hall–Kier alpha value is -1.17. The molecule has 1 atom stereocenters. The van der Waals surface area contributed by atoms with Gasteiger partial charge in [0.15, 0.2) is 0 Å². The number of halogens is 1. The second-order valence-electron chi connectivity index (χ2n) is 4.35. The van der Waals surface area contributed by atoms with E-state index < -0.39 is 6.04 Å². The Morgan fingerprint density at radius 3 is 2.79 bits per heavy atom. The lowest BCUT2D eigenvalue weighted by Gasteiger charge is -2.25. The van der Waals surface area contributed by atoms with Gasteiger partial charge in [0.05, 0.1) is 0 Å². The van der Waals surface area contributed by atoms with Crippen molar-refractivity contribution in [1.29, 1.82) is 0 Å². The topological polar surface area (TPSA) is 46.3 Å². The molecule has 1 heterocycles. The first-order chi connectivity index (χ1) is 9.08. The van der Waals surface area contributed by atoms with E-state index in [-0.39, 0.29) is 5.91 Å². The number of nitrogens with zero attached hydrogens (tertiary/aromatic N) is 1. The van der Waals surface area contributed by atoms with E-state index in [0.29, 0.717) is 6.54 Å². The van der Waals surface area contributed by atoms with Gasteiger partial charge >= 0.3 is 0 Å². The van der Waals surface area contributed by atoms with Crippen molar-refractivity contribution < 1.29 is 4.79 Å². The van der Waals surface area contributed by atoms with Gasteiger partial charge in [-0.2, -0.15) is 0 Å². The first kappa shape index (κ1) is 14.2. The Morgan fingerprint density at radius 2 is 2.21 bits per heavy atom. The molecular weight excluding hydrogens is 324 g/mol. The molecule has 0 spiro atoms. The standard InChI is InChI=1S/C14H15BrN2OS/c1-17(9-12-6-3-7-19-12)13(14(16)18)10-4-2-5-11(15)8-10/h2-8,13H,9H2,1H3,(H2,16,18)/t13-/m1/s1. The van der Waals surface area contributed by atoms with E-state index in [9.17, 15) is 4.79 Å². The van der Waals surface area contributed by atoms with Crippen LogP contribution < -0.4 is 5.73 Å². The molecule has 0 radical (unpaired) electrons. The molecule has 3 nitrogen and oxygen atoms in total. The predicted molar refractivity (Wildman–Crippen MR) is 81.9 cm³/mol. The van der Waals surface area contributed by atoms with Crippen LogP contribution in [0.15, 0.2) is 46.3 Å². The molecule has 0 saturated heterocycles. The first-order valence-electron chi connectivity index (χ1n) is 5.85. The molecule has 1 aromatic heterocycles. The summed E-state index contributed by atoms with van der Waals surface area (Å²) in [7, 11) is 1.91. The molecule has 19 heavy (non-hydrogen) atoms. The fraction of sp³-hybridized carbons (Fsp3) is 0.214. The second-order valence-corrected chi connectivity index (χ2v) is 6.30. The minimum absolute atomic E-state index is 0.336. The average Bonchev–Trinajstić information content (AvgIpc) is 2.81. The highest BCUT2D eigenvalue weighted by Crippen LogP contribution is 2.24. The highest BCUT2D eigenvalue weighted by molar-refractivity contribution is 9.10. The number of nitrogens with two attached hydrogens (primary N) is 1. The highest BCUT2D eigenvalue weighted by Gasteiger charge is 2.23. The molecule has 0 bridgehead atoms. The fourth-order valence-corrected chi connectivity index (χ4v) is 3.24. The smallest absolute Gasteiger partial charge is 0.239 e. The number of hydrogen-bond donors (Lipinski definition) is 1. The number of rotatable bonds is 5. The van der Waals surface area contributed by atoms with Crippen molar-refractivity contribution in [2.24, 2.45) is 5.73 Å². The van der Waals surface area contributed by atoms with Crippen LogP contribution in [0.1, 0.15) is 16.5 Å². The summed E-state index contributed by atoms with van der Waals surface area (Å²) in [6.45, 7) is 0.706. The number of hydrogen-bond acceptors (Lipinski definition) is 3. The Labute approximate surface area is 125 Å². The second kappa shape index (κ2) is 6.32. The molecule has 0 aliphatic heterocycles. The molecule has 0 aliphatic rings. The Bertz CT molecular complexity index is 556. The SMILES string of the molecule is CN(Cc1cccs1)[C@@H](C(N)=O)c1cccc(Br)c1. The van der Waals surface area contributed by atoms with Crippen LogP contribution in [0.5, 0.6) is 0 Å². The predicted octanol–water partition coefficient (Wildman–Crippen LogP) is 3.17. The van der Waals surface area contributed by atoms with Gasteiger partial charge in [-0.1, -0.05) is 34.1 Å². The van der Waals surface area contributed by atoms with E-state index in [1.54, 1.807) is 11.3 Å². The van der Waals surface area contributed by atoms with Crippen LogP contribution in [0.25, 0.3) is 0 Å². The van der Waals surface area contributed by atoms with Gasteiger partial charge in [-0.25, -0.2) is 0 Å². The van der Waals surface area contributed by atoms with Crippen LogP contribution in [0.3, 0.4) is 0 Å². The number of benzene rings is 1. The summed E-state index contributed by atoms with van der Waals surface area (Å²) in [6.07, 6.45) is 0. The molecule has 1 amide bonds. The third-order valence-electron chi connectivity index (χ3n) is 2.86. The summed E-state index contributed by atoms with van der Waals surface area (Å²) in [4.78, 5) is 14.9. The third kappa shape index (κ3) is 3.65. The Morgan fingerprint density at radius 1 is 1.42 bits per heavy atom. The molecule has 0 aliphatic carbocycles. The molecule has 2 aromatic rings. The Kier molecular flexibility index (Phi) is 4.74. The third-order valence-corrected chi connectivity index (χ3v) is 4.21. The maximum atomic E-state index is 11.7. The van der Waals surface area contributed by atoms with Crippen molar-refractivity contribution in [2.75, 3.05) is 7.05 Å². The van der Waals surface area contributed by atoms with Crippen molar-refractivity contribution in [3.05, 3.63) is 56.7 Å². The number of carbonyl (C=O) groups is 1. The summed E-state index contributed by atoms with van der Waals surface area (Å²) in [5.74, 6) is -0.336. The summed E-state index contributed by atoms with van der Waals surface area (Å²) in [5.41, 5.74) is 6.46. The number of primary amides is 1. The lowest BCUT2D eigenvalue weighted by atomic mass is 10.1. The van der Waals surface area contributed by atoms with Gasteiger partial charge in [0.1, 0.15) is 6.04 Å². The molecule has 0 saturated carbocycles. The van der Waals surface area contributed by atoms with Crippen LogP contribution in [-0.2, 0) is 11.3 Å². The molecule has 2 N–H and O–H groups in total. The highest BCUT2D eigenvalue weighted by atomic mass is 79.9. The number of likely N-dealkylation sites (N-methyl/N-ethyl adjacent to an activating group) is 1. The van der Waals surface area contributed by atoms with Gasteiger partial charge < -0.3 is 5.73 Å². The maximum absolute atomic E-state index is 11.7. The number of thiophene rings is 1. The van der Waals surface area contributed by atoms with Crippen molar-refractivity contribution in [2.45, 2.75) is 12.6 Å². The lowest BCUT2D eigenvalue weighted by molar-refractivity contribution is -0.123. The lowest BCUT2D eigenvalue weighted by Crippen LogP contribution is -2.34. The van der Waals surface area contributed by atoms with Gasteiger partial charge in [0, 0.05) is 15.9 Å². The van der Waals surface area contributed by atoms with Crippen LogP contribution >= 0.6 is 27.3 Å². The summed E-state index contributed by atoms with van der Waals surface area (Å²) in [5, 5.41) is 2.03. The molecular formula is C14H15BrN2OS. The van der Waals surface area contributed by atoms with Crippen LogP contribution in [0, 0.1) is 0 Å². The van der Waals surface area contributed by atoms with Crippen LogP contribution in [0.2, 0.25) is 0 Å². The monoisotopic (exact) mass is 338 g/mol. The van der Waals surface area contributed by atoms with Crippen LogP contribution in [0.4, 0.5) is 0 Å². The fourth-order valence-electron chi connectivity index (χ4n) is 2.05. The maximum Gasteiger partial charge on any atom is 0.239 e. The normalized spacial score (nSPS) is 12.6. The van der Waals surface area contributed by atoms with Gasteiger partial charge in [0.2, 0.25) is 5.91 Å². The molecule has 5 heteroatoms. The summed E-state index contributed by atoms with van der Waals surface area (Å²) >= 11 is 5.10. The number of carbonyl (C=O) groups excluding carboxylic acids is 1. The molecule has 0 unspecified atom stereocenters.